The molecule has 3 radical (unpaired) electrons. The molecule has 0 aromatic heterocycles. The predicted octanol–water partition coefficient (Wildman–Crippen LogP) is 2.20. The van der Waals surface area contributed by atoms with Gasteiger partial charge in [-0.2, -0.15) is 0 Å². The van der Waals surface area contributed by atoms with Gasteiger partial charge < -0.3 is 0 Å². The molecule has 4 rings (SSSR count). The summed E-state index contributed by atoms with van der Waals surface area (Å²) in [5.41, 5.74) is 11.0. The van der Waals surface area contributed by atoms with Crippen molar-refractivity contribution in [1.29, 1.82) is 0 Å². The number of nitrogens with one attached hydrogen (secondary N) is 2. The van der Waals surface area contributed by atoms with E-state index in [0.29, 0.717) is 43.0 Å². The van der Waals surface area contributed by atoms with Crippen molar-refractivity contribution in [3.63, 3.8) is 0 Å². The van der Waals surface area contributed by atoms with Gasteiger partial charge in [0.2, 0.25) is 0 Å². The molecular formula is C26H23N4O5Pb. The van der Waals surface area contributed by atoms with E-state index in [1.807, 2.05) is 48.5 Å². The zero-order valence-corrected chi connectivity index (χ0v) is 23.0. The number of amides is 2. The Labute approximate surface area is 223 Å². The summed E-state index contributed by atoms with van der Waals surface area (Å²) in [6, 6.07) is 21.0. The first kappa shape index (κ1) is 25.4. The number of benzene rings is 3. The number of nitrogens with two attached hydrogens (primary N) is 1. The van der Waals surface area contributed by atoms with E-state index in [9.17, 15) is 19.5 Å². The van der Waals surface area contributed by atoms with Gasteiger partial charge in [0.25, 0.3) is 0 Å². The van der Waals surface area contributed by atoms with Gasteiger partial charge >= 0.3 is 141 Å². The third kappa shape index (κ3) is 5.56. The van der Waals surface area contributed by atoms with Crippen LogP contribution in [0.1, 0.15) is 33.0 Å². The Bertz CT molecular complexity index is 1300. The molecule has 10 heteroatoms. The van der Waals surface area contributed by atoms with Crippen molar-refractivity contribution in [2.24, 2.45) is 8.54 Å². The molecule has 0 saturated carbocycles. The fourth-order valence-electron chi connectivity index (χ4n) is 4.16. The molecule has 0 saturated heterocycles. The number of ether oxygens (including phenoxy) is 1. The quantitative estimate of drug-likeness (QED) is 0.164. The van der Waals surface area contributed by atoms with Crippen LogP contribution in [-0.2, 0) is 9.53 Å². The van der Waals surface area contributed by atoms with E-state index in [1.54, 1.807) is 24.3 Å². The first-order chi connectivity index (χ1) is 17.4. The van der Waals surface area contributed by atoms with Crippen molar-refractivity contribution in [1.82, 2.24) is 10.6 Å². The first-order valence-corrected chi connectivity index (χ1v) is 12.9. The van der Waals surface area contributed by atoms with Gasteiger partial charge in [-0.1, -0.05) is 48.5 Å². The molecule has 0 spiro atoms. The van der Waals surface area contributed by atoms with Crippen LogP contribution in [0.3, 0.4) is 0 Å². The molecular weight excluding hydrogens is 656 g/mol. The van der Waals surface area contributed by atoms with Crippen molar-refractivity contribution in [2.75, 3.05) is 13.2 Å². The maximum atomic E-state index is 12.5. The van der Waals surface area contributed by atoms with Gasteiger partial charge in [-0.25, -0.2) is 0 Å². The van der Waals surface area contributed by atoms with E-state index in [0.717, 1.165) is 22.3 Å². The fraction of sp³-hybridized carbons (Fsp3) is 0.154. The Balaban J connectivity index is 1.36. The summed E-state index contributed by atoms with van der Waals surface area (Å²) in [4.78, 5) is 36.7. The molecule has 1 unspecified atom stereocenters. The van der Waals surface area contributed by atoms with Crippen molar-refractivity contribution >= 4 is 49.9 Å². The molecule has 1 atom stereocenters. The van der Waals surface area contributed by atoms with Gasteiger partial charge in [-0.05, 0) is 22.3 Å². The predicted molar refractivity (Wildman–Crippen MR) is 135 cm³/mol. The van der Waals surface area contributed by atoms with E-state index in [2.05, 4.69) is 13.4 Å². The molecule has 181 valence electrons. The Kier molecular flexibility index (Phi) is 7.98. The zero-order valence-electron chi connectivity index (χ0n) is 19.1. The standard InChI is InChI=1S/C26H23N4O5.Pb/c27-23(28)15-6-5-7-16(12-15)24(31)29-13-22(25(32)33)30-26(34)35-14-21-19-10-3-1-8-17(19)18-9-2-4-11-20(18)21;/h1-12,21-22H,13-14H2,(H5-,27,28,29,30,31,32,33,34);/q-1;+1. The van der Waals surface area contributed by atoms with E-state index >= 15 is 0 Å². The molecule has 0 heterocycles. The van der Waals surface area contributed by atoms with Gasteiger partial charge in [0.1, 0.15) is 6.61 Å². The SMILES string of the molecule is N/C(=[N]\[Pb])c1cccc(C(=O)NCC(NC(=O)OCC2c3ccccc3-c3ccccc32)C(=O)O)c1. The van der Waals surface area contributed by atoms with E-state index < -0.39 is 24.0 Å². The number of nitrogens with zero attached hydrogens (tertiary/aromatic N) is 1. The van der Waals surface area contributed by atoms with Gasteiger partial charge in [-0.3, -0.25) is 0 Å². The molecule has 1 aliphatic carbocycles. The van der Waals surface area contributed by atoms with Crippen LogP contribution in [0.25, 0.3) is 11.1 Å². The van der Waals surface area contributed by atoms with Crippen LogP contribution in [0.15, 0.2) is 75.6 Å². The number of hydrogen-bond donors (Lipinski definition) is 4. The number of rotatable bonds is 8. The third-order valence-electron chi connectivity index (χ3n) is 5.94. The molecule has 0 bridgehead atoms. The molecule has 1 aliphatic rings. The number of aliphatic carboxylic acids is 1. The average Bonchev–Trinajstić information content (AvgIpc) is 3.22. The van der Waals surface area contributed by atoms with Gasteiger partial charge in [0.05, 0.1) is 0 Å². The second-order valence-corrected chi connectivity index (χ2v) is 9.02. The molecule has 36 heavy (non-hydrogen) atoms. The Morgan fingerprint density at radius 3 is 2.19 bits per heavy atom. The molecule has 0 fully saturated rings. The fourth-order valence-corrected chi connectivity index (χ4v) is 4.67. The second kappa shape index (κ2) is 11.3. The van der Waals surface area contributed by atoms with Crippen LogP contribution in [0.2, 0.25) is 0 Å². The summed E-state index contributed by atoms with van der Waals surface area (Å²) in [5.74, 6) is -1.62. The Morgan fingerprint density at radius 2 is 1.58 bits per heavy atom. The summed E-state index contributed by atoms with van der Waals surface area (Å²) >= 11 is 0.528. The van der Waals surface area contributed by atoms with Crippen LogP contribution >= 0.6 is 0 Å². The van der Waals surface area contributed by atoms with E-state index in [4.69, 9.17) is 10.5 Å². The second-order valence-electron chi connectivity index (χ2n) is 8.15. The summed E-state index contributed by atoms with van der Waals surface area (Å²) in [6.07, 6.45) is -0.878. The number of carbonyl (C=O) groups is 3. The number of hydrogen-bond acceptors (Lipinski definition) is 5. The normalized spacial score (nSPS) is 13.3. The average molecular weight is 679 g/mol. The van der Waals surface area contributed by atoms with Gasteiger partial charge in [0, 0.05) is 5.92 Å². The molecule has 3 aromatic rings. The monoisotopic (exact) mass is 679 g/mol. The zero-order chi connectivity index (χ0) is 25.7. The first-order valence-electron chi connectivity index (χ1n) is 11.1. The number of alkyl carbamates (subject to hydrolysis) is 1. The van der Waals surface area contributed by atoms with Gasteiger partial charge in [-0.15, -0.1) is 0 Å². The summed E-state index contributed by atoms with van der Waals surface area (Å²) in [5, 5.41) is 14.4. The number of amidine groups is 1. The van der Waals surface area contributed by atoms with Crippen molar-refractivity contribution in [2.45, 2.75) is 12.0 Å². The summed E-state index contributed by atoms with van der Waals surface area (Å²) < 4.78 is 9.44. The minimum absolute atomic E-state index is 0.0502. The van der Waals surface area contributed by atoms with Crippen LogP contribution in [0.5, 0.6) is 0 Å². The molecule has 5 N–H and O–H groups in total. The van der Waals surface area contributed by atoms with Crippen LogP contribution in [-0.4, -0.2) is 74.2 Å². The number of carboxylic acids is 1. The molecule has 2 amide bonds. The summed E-state index contributed by atoms with van der Waals surface area (Å²) in [6.45, 7) is -0.276. The van der Waals surface area contributed by atoms with Crippen molar-refractivity contribution < 1.29 is 24.2 Å². The van der Waals surface area contributed by atoms with Crippen LogP contribution < -0.4 is 16.4 Å². The van der Waals surface area contributed by atoms with E-state index in [-0.39, 0.29) is 19.1 Å². The van der Waals surface area contributed by atoms with Gasteiger partial charge in [0.15, 0.2) is 0 Å². The topological polar surface area (TPSA) is 143 Å². The maximum absolute atomic E-state index is 12.5. The number of carboxylic acid groups (broad SMARTS) is 1. The Morgan fingerprint density at radius 1 is 0.972 bits per heavy atom. The third-order valence-corrected chi connectivity index (χ3v) is 6.88. The van der Waals surface area contributed by atoms with E-state index in [1.165, 1.54) is 0 Å². The molecule has 3 aromatic carbocycles. The summed E-state index contributed by atoms with van der Waals surface area (Å²) in [7, 11) is 0. The van der Waals surface area contributed by atoms with Crippen molar-refractivity contribution in [3.05, 3.63) is 95.1 Å². The van der Waals surface area contributed by atoms with Crippen LogP contribution in [0, 0.1) is 0 Å². The number of fused-ring (bicyclic) bond motifs is 3. The number of carbonyl (C=O) groups excluding carboxylic acids is 2. The Hall–Kier alpha value is -3.74. The molecule has 9 nitrogen and oxygen atoms in total. The van der Waals surface area contributed by atoms with Crippen molar-refractivity contribution in [3.8, 4) is 11.1 Å². The molecule has 0 aliphatic heterocycles. The minimum atomic E-state index is -1.37. The van der Waals surface area contributed by atoms with Crippen LogP contribution in [0.4, 0.5) is 4.79 Å².